The van der Waals surface area contributed by atoms with Gasteiger partial charge in [0.15, 0.2) is 0 Å². The molecule has 0 aliphatic heterocycles. The van der Waals surface area contributed by atoms with Crippen LogP contribution >= 0.6 is 11.8 Å². The summed E-state index contributed by atoms with van der Waals surface area (Å²) < 4.78 is 0. The number of primary amides is 1. The number of hydrogen-bond acceptors (Lipinski definition) is 8. The lowest BCUT2D eigenvalue weighted by molar-refractivity contribution is -0.141. The molecule has 13 heteroatoms. The van der Waals surface area contributed by atoms with Crippen LogP contribution in [0.4, 0.5) is 0 Å². The van der Waals surface area contributed by atoms with Gasteiger partial charge in [0.05, 0.1) is 6.10 Å². The largest absolute Gasteiger partial charge is 0.480 e. The summed E-state index contributed by atoms with van der Waals surface area (Å²) in [6.45, 7) is 2.58. The first-order chi connectivity index (χ1) is 13.9. The van der Waals surface area contributed by atoms with Crippen molar-refractivity contribution in [3.8, 4) is 0 Å². The summed E-state index contributed by atoms with van der Waals surface area (Å²) in [5.41, 5.74) is 10.7. The Bertz CT molecular complexity index is 632. The van der Waals surface area contributed by atoms with Gasteiger partial charge in [-0.15, -0.1) is 0 Å². The van der Waals surface area contributed by atoms with E-state index in [-0.39, 0.29) is 19.3 Å². The number of aliphatic carboxylic acids is 1. The van der Waals surface area contributed by atoms with E-state index in [1.165, 1.54) is 25.6 Å². The van der Waals surface area contributed by atoms with Crippen molar-refractivity contribution in [2.45, 2.75) is 63.4 Å². The number of carboxylic acids is 1. The lowest BCUT2D eigenvalue weighted by Crippen LogP contribution is -2.58. The number of rotatable bonds is 14. The number of carbonyl (C=O) groups excluding carboxylic acids is 4. The highest BCUT2D eigenvalue weighted by atomic mass is 32.2. The van der Waals surface area contributed by atoms with Crippen LogP contribution in [0.2, 0.25) is 0 Å². The SMILES string of the molecule is CSCCC(NC(=O)C(CCC(N)=O)NC(=O)C(N)C(C)O)C(=O)NC(C)C(=O)O. The summed E-state index contributed by atoms with van der Waals surface area (Å²) in [6, 6.07) is -4.78. The molecule has 5 unspecified atom stereocenters. The van der Waals surface area contributed by atoms with Gasteiger partial charge in [0, 0.05) is 6.42 Å². The van der Waals surface area contributed by atoms with Crippen LogP contribution in [-0.2, 0) is 24.0 Å². The fourth-order valence-electron chi connectivity index (χ4n) is 2.19. The molecule has 0 saturated heterocycles. The maximum absolute atomic E-state index is 12.7. The molecule has 172 valence electrons. The molecule has 0 radical (unpaired) electrons. The number of amides is 4. The van der Waals surface area contributed by atoms with Crippen molar-refractivity contribution in [1.82, 2.24) is 16.0 Å². The quantitative estimate of drug-likeness (QED) is 0.146. The highest BCUT2D eigenvalue weighted by Crippen LogP contribution is 2.05. The van der Waals surface area contributed by atoms with E-state index in [0.29, 0.717) is 5.75 Å². The summed E-state index contributed by atoms with van der Waals surface area (Å²) in [4.78, 5) is 59.3. The number of hydrogen-bond donors (Lipinski definition) is 7. The predicted octanol–water partition coefficient (Wildman–Crippen LogP) is -2.73. The molecule has 0 fully saturated rings. The Hall–Kier alpha value is -2.38. The summed E-state index contributed by atoms with van der Waals surface area (Å²) in [5.74, 6) is -3.74. The van der Waals surface area contributed by atoms with Crippen molar-refractivity contribution in [3.63, 3.8) is 0 Å². The van der Waals surface area contributed by atoms with Crippen LogP contribution in [0.3, 0.4) is 0 Å². The Balaban J connectivity index is 5.36. The van der Waals surface area contributed by atoms with Crippen LogP contribution in [-0.4, -0.2) is 82.1 Å². The molecule has 0 aromatic carbocycles. The summed E-state index contributed by atoms with van der Waals surface area (Å²) in [7, 11) is 0. The summed E-state index contributed by atoms with van der Waals surface area (Å²) >= 11 is 1.42. The molecular formula is C17H31N5O7S. The molecule has 0 aliphatic carbocycles. The van der Waals surface area contributed by atoms with Gasteiger partial charge in [-0.2, -0.15) is 11.8 Å². The third kappa shape index (κ3) is 10.4. The first-order valence-corrected chi connectivity index (χ1v) is 10.6. The second kappa shape index (κ2) is 13.8. The fourth-order valence-corrected chi connectivity index (χ4v) is 2.67. The molecule has 5 atom stereocenters. The maximum atomic E-state index is 12.7. The number of aliphatic hydroxyl groups is 1. The molecule has 9 N–H and O–H groups in total. The first kappa shape index (κ1) is 27.6. The van der Waals surface area contributed by atoms with Gasteiger partial charge in [-0.05, 0) is 38.7 Å². The third-order valence-corrected chi connectivity index (χ3v) is 4.75. The number of carboxylic acid groups (broad SMARTS) is 1. The molecule has 0 aliphatic rings. The normalized spacial score (nSPS) is 15.8. The van der Waals surface area contributed by atoms with E-state index in [4.69, 9.17) is 16.6 Å². The van der Waals surface area contributed by atoms with Gasteiger partial charge in [-0.3, -0.25) is 24.0 Å². The second-order valence-electron chi connectivity index (χ2n) is 6.74. The van der Waals surface area contributed by atoms with Gasteiger partial charge in [0.25, 0.3) is 0 Å². The van der Waals surface area contributed by atoms with Gasteiger partial charge in [0.2, 0.25) is 23.6 Å². The fraction of sp³-hybridized carbons (Fsp3) is 0.706. The summed E-state index contributed by atoms with van der Waals surface area (Å²) in [6.07, 6.45) is 0.447. The van der Waals surface area contributed by atoms with Crippen LogP contribution in [0.1, 0.15) is 33.1 Å². The average molecular weight is 450 g/mol. The predicted molar refractivity (Wildman–Crippen MR) is 110 cm³/mol. The molecule has 0 aromatic rings. The lowest BCUT2D eigenvalue weighted by atomic mass is 10.1. The number of thioether (sulfide) groups is 1. The summed E-state index contributed by atoms with van der Waals surface area (Å²) in [5, 5.41) is 25.5. The molecule has 0 bridgehead atoms. The molecule has 0 saturated carbocycles. The van der Waals surface area contributed by atoms with Crippen LogP contribution < -0.4 is 27.4 Å². The zero-order chi connectivity index (χ0) is 23.4. The standard InChI is InChI=1S/C17H31N5O7S/c1-8(17(28)29)20-14(25)11(6-7-30-3)21-15(26)10(4-5-12(18)24)22-16(27)13(19)9(2)23/h8-11,13,23H,4-7,19H2,1-3H3,(H2,18,24)(H,20,25)(H,21,26)(H,22,27)(H,28,29). The zero-order valence-electron chi connectivity index (χ0n) is 17.2. The topological polar surface area (TPSA) is 214 Å². The Kier molecular flexibility index (Phi) is 12.7. The average Bonchev–Trinajstić information content (AvgIpc) is 2.66. The van der Waals surface area contributed by atoms with Crippen LogP contribution in [0.15, 0.2) is 0 Å². The molecule has 4 amide bonds. The van der Waals surface area contributed by atoms with Crippen molar-refractivity contribution < 1.29 is 34.2 Å². The number of aliphatic hydroxyl groups excluding tert-OH is 1. The van der Waals surface area contributed by atoms with Crippen LogP contribution in [0.5, 0.6) is 0 Å². The minimum atomic E-state index is -1.30. The van der Waals surface area contributed by atoms with E-state index in [1.54, 1.807) is 6.26 Å². The van der Waals surface area contributed by atoms with Crippen molar-refractivity contribution in [1.29, 1.82) is 0 Å². The number of nitrogens with one attached hydrogen (secondary N) is 3. The Labute approximate surface area is 178 Å². The lowest BCUT2D eigenvalue weighted by Gasteiger charge is -2.25. The highest BCUT2D eigenvalue weighted by molar-refractivity contribution is 7.98. The van der Waals surface area contributed by atoms with Crippen LogP contribution in [0, 0.1) is 0 Å². The molecule has 0 aromatic heterocycles. The van der Waals surface area contributed by atoms with Crippen molar-refractivity contribution in [3.05, 3.63) is 0 Å². The van der Waals surface area contributed by atoms with Gasteiger partial charge < -0.3 is 37.6 Å². The van der Waals surface area contributed by atoms with Crippen molar-refractivity contribution in [2.24, 2.45) is 11.5 Å². The van der Waals surface area contributed by atoms with Gasteiger partial charge in [-0.25, -0.2) is 0 Å². The van der Waals surface area contributed by atoms with E-state index >= 15 is 0 Å². The third-order valence-electron chi connectivity index (χ3n) is 4.11. The first-order valence-electron chi connectivity index (χ1n) is 9.25. The van der Waals surface area contributed by atoms with Crippen LogP contribution in [0.25, 0.3) is 0 Å². The van der Waals surface area contributed by atoms with E-state index in [2.05, 4.69) is 16.0 Å². The molecule has 12 nitrogen and oxygen atoms in total. The van der Waals surface area contributed by atoms with Crippen molar-refractivity contribution in [2.75, 3.05) is 12.0 Å². The van der Waals surface area contributed by atoms with E-state index in [1.807, 2.05) is 0 Å². The molecule has 0 heterocycles. The van der Waals surface area contributed by atoms with Crippen molar-refractivity contribution >= 4 is 41.4 Å². The van der Waals surface area contributed by atoms with E-state index in [9.17, 15) is 29.1 Å². The molecule has 0 rings (SSSR count). The number of nitrogens with two attached hydrogens (primary N) is 2. The highest BCUT2D eigenvalue weighted by Gasteiger charge is 2.30. The number of carbonyl (C=O) groups is 5. The Morgan fingerprint density at radius 1 is 0.933 bits per heavy atom. The molecule has 0 spiro atoms. The molecule has 30 heavy (non-hydrogen) atoms. The minimum absolute atomic E-state index is 0.151. The van der Waals surface area contributed by atoms with E-state index in [0.717, 1.165) is 0 Å². The zero-order valence-corrected chi connectivity index (χ0v) is 18.0. The monoisotopic (exact) mass is 449 g/mol. The smallest absolute Gasteiger partial charge is 0.325 e. The Morgan fingerprint density at radius 2 is 1.43 bits per heavy atom. The van der Waals surface area contributed by atoms with Gasteiger partial charge in [0.1, 0.15) is 24.2 Å². The van der Waals surface area contributed by atoms with Gasteiger partial charge in [-0.1, -0.05) is 0 Å². The second-order valence-corrected chi connectivity index (χ2v) is 7.73. The Morgan fingerprint density at radius 3 is 1.90 bits per heavy atom. The molecular weight excluding hydrogens is 418 g/mol. The maximum Gasteiger partial charge on any atom is 0.325 e. The van der Waals surface area contributed by atoms with Gasteiger partial charge >= 0.3 is 5.97 Å². The minimum Gasteiger partial charge on any atom is -0.480 e. The van der Waals surface area contributed by atoms with E-state index < -0.39 is 59.9 Å².